The topological polar surface area (TPSA) is 98.8 Å². The quantitative estimate of drug-likeness (QED) is 0.552. The molecule has 3 fully saturated rings. The van der Waals surface area contributed by atoms with Crippen LogP contribution in [0.1, 0.15) is 80.9 Å². The first-order valence-electron chi connectivity index (χ1n) is 13.0. The van der Waals surface area contributed by atoms with Crippen LogP contribution in [-0.4, -0.2) is 55.0 Å². The molecule has 1 aromatic rings. The smallest absolute Gasteiger partial charge is 0.342 e. The lowest BCUT2D eigenvalue weighted by Gasteiger charge is -2.66. The molecule has 5 aliphatic rings. The van der Waals surface area contributed by atoms with Gasteiger partial charge in [0.15, 0.2) is 0 Å². The molecule has 0 aromatic heterocycles. The second-order valence-electron chi connectivity index (χ2n) is 12.1. The zero-order valence-electron chi connectivity index (χ0n) is 22.9. The van der Waals surface area contributed by atoms with Gasteiger partial charge in [-0.3, -0.25) is 4.79 Å². The van der Waals surface area contributed by atoms with Crippen molar-refractivity contribution in [3.8, 4) is 11.5 Å². The number of cyclic esters (lactones) is 1. The standard InChI is InChI=1S/C28H36O9/c1-14-17-13-33-23(30)20(17)22(31-7)16-11-18-25(5)9-10-27(32-8)36-24(3,4)28(25,37-27)19(34-15(2)29)12-26(18,6)35-21(14)16/h18-19H,9-13H2,1-8H3. The summed E-state index contributed by atoms with van der Waals surface area (Å²) in [7, 11) is 3.16. The van der Waals surface area contributed by atoms with Crippen LogP contribution in [0, 0.1) is 18.3 Å². The summed E-state index contributed by atoms with van der Waals surface area (Å²) in [6.07, 6.45) is 1.60. The van der Waals surface area contributed by atoms with Gasteiger partial charge in [-0.05, 0) is 46.1 Å². The molecule has 202 valence electrons. The Hall–Kier alpha value is -2.36. The summed E-state index contributed by atoms with van der Waals surface area (Å²) in [6.45, 7) is 11.8. The summed E-state index contributed by atoms with van der Waals surface area (Å²) < 4.78 is 43.4. The second-order valence-corrected chi connectivity index (χ2v) is 12.1. The maximum atomic E-state index is 12.7. The number of hydrogen-bond acceptors (Lipinski definition) is 9. The SMILES string of the molecule is COc1c2c(c(C)c3c1C(=O)OC3)OC1(C)CC(OC(C)=O)C34OC(OC)(CCC3(C)C1C2)OC4(C)C. The third-order valence-electron chi connectivity index (χ3n) is 9.96. The highest BCUT2D eigenvalue weighted by molar-refractivity contribution is 5.98. The molecule has 1 saturated carbocycles. The molecule has 0 N–H and O–H groups in total. The van der Waals surface area contributed by atoms with E-state index >= 15 is 0 Å². The van der Waals surface area contributed by atoms with Gasteiger partial charge in [-0.15, -0.1) is 0 Å². The maximum absolute atomic E-state index is 12.7. The highest BCUT2D eigenvalue weighted by Gasteiger charge is 2.81. The van der Waals surface area contributed by atoms with E-state index in [1.165, 1.54) is 6.92 Å². The van der Waals surface area contributed by atoms with Gasteiger partial charge in [0.05, 0.1) is 7.11 Å². The van der Waals surface area contributed by atoms with Gasteiger partial charge < -0.3 is 33.2 Å². The van der Waals surface area contributed by atoms with Crippen LogP contribution in [0.2, 0.25) is 0 Å². The maximum Gasteiger partial charge on any atom is 0.342 e. The molecule has 4 aliphatic heterocycles. The summed E-state index contributed by atoms with van der Waals surface area (Å²) in [5.41, 5.74) is -0.0262. The van der Waals surface area contributed by atoms with Crippen molar-refractivity contribution >= 4 is 11.9 Å². The van der Waals surface area contributed by atoms with Crippen molar-refractivity contribution in [3.63, 3.8) is 0 Å². The molecule has 9 heteroatoms. The lowest BCUT2D eigenvalue weighted by molar-refractivity contribution is -0.392. The first-order chi connectivity index (χ1) is 17.3. The number of ether oxygens (including phenoxy) is 7. The molecule has 0 amide bonds. The number of esters is 2. The van der Waals surface area contributed by atoms with Crippen LogP contribution in [0.3, 0.4) is 0 Å². The predicted molar refractivity (Wildman–Crippen MR) is 129 cm³/mol. The summed E-state index contributed by atoms with van der Waals surface area (Å²) >= 11 is 0. The third-order valence-corrected chi connectivity index (χ3v) is 9.96. The predicted octanol–water partition coefficient (Wildman–Crippen LogP) is 3.98. The normalized spacial score (nSPS) is 40.5. The van der Waals surface area contributed by atoms with Gasteiger partial charge in [0, 0.05) is 49.3 Å². The van der Waals surface area contributed by atoms with Gasteiger partial charge in [0.25, 0.3) is 5.97 Å². The van der Waals surface area contributed by atoms with E-state index in [1.54, 1.807) is 14.2 Å². The van der Waals surface area contributed by atoms with Crippen molar-refractivity contribution in [1.29, 1.82) is 0 Å². The zero-order chi connectivity index (χ0) is 26.8. The summed E-state index contributed by atoms with van der Waals surface area (Å²) in [5, 5.41) is 0. The van der Waals surface area contributed by atoms with E-state index in [4.69, 9.17) is 33.2 Å². The van der Waals surface area contributed by atoms with Crippen LogP contribution in [0.15, 0.2) is 0 Å². The van der Waals surface area contributed by atoms with E-state index in [9.17, 15) is 9.59 Å². The van der Waals surface area contributed by atoms with Gasteiger partial charge in [-0.2, -0.15) is 0 Å². The number of fused-ring (bicyclic) bond motifs is 5. The number of carbonyl (C=O) groups excluding carboxylic acids is 2. The lowest BCUT2D eigenvalue weighted by Crippen LogP contribution is -2.77. The van der Waals surface area contributed by atoms with Crippen molar-refractivity contribution < 1.29 is 42.7 Å². The van der Waals surface area contributed by atoms with Crippen LogP contribution in [0.25, 0.3) is 0 Å². The average Bonchev–Trinajstić information content (AvgIpc) is 3.30. The highest BCUT2D eigenvalue weighted by atomic mass is 16.9. The third kappa shape index (κ3) is 2.85. The van der Waals surface area contributed by atoms with Crippen molar-refractivity contribution in [2.75, 3.05) is 14.2 Å². The van der Waals surface area contributed by atoms with Crippen LogP contribution in [-0.2, 0) is 41.5 Å². The Morgan fingerprint density at radius 1 is 1.05 bits per heavy atom. The fraction of sp³-hybridized carbons (Fsp3) is 0.714. The molecule has 4 heterocycles. The monoisotopic (exact) mass is 516 g/mol. The average molecular weight is 517 g/mol. The second kappa shape index (κ2) is 7.39. The molecule has 2 saturated heterocycles. The number of benzene rings is 1. The molecule has 2 bridgehead atoms. The van der Waals surface area contributed by atoms with Crippen LogP contribution < -0.4 is 9.47 Å². The molecule has 6 rings (SSSR count). The number of carbonyl (C=O) groups is 2. The molecule has 6 unspecified atom stereocenters. The van der Waals surface area contributed by atoms with Crippen LogP contribution in [0.5, 0.6) is 11.5 Å². The van der Waals surface area contributed by atoms with E-state index in [1.807, 2.05) is 20.8 Å². The summed E-state index contributed by atoms with van der Waals surface area (Å²) in [6, 6.07) is 0. The molecular formula is C28H36O9. The molecule has 1 aliphatic carbocycles. The lowest BCUT2D eigenvalue weighted by atomic mass is 9.45. The Morgan fingerprint density at radius 2 is 1.78 bits per heavy atom. The Bertz CT molecular complexity index is 1220. The Balaban J connectivity index is 1.57. The molecule has 1 aromatic carbocycles. The number of hydrogen-bond donors (Lipinski definition) is 0. The van der Waals surface area contributed by atoms with Gasteiger partial charge in [-0.25, -0.2) is 4.79 Å². The van der Waals surface area contributed by atoms with Gasteiger partial charge >= 0.3 is 11.9 Å². The molecule has 9 nitrogen and oxygen atoms in total. The Morgan fingerprint density at radius 3 is 2.43 bits per heavy atom. The van der Waals surface area contributed by atoms with E-state index < -0.39 is 34.3 Å². The molecular weight excluding hydrogens is 480 g/mol. The first-order valence-corrected chi connectivity index (χ1v) is 13.0. The molecule has 0 radical (unpaired) electrons. The molecule has 6 atom stereocenters. The molecule has 1 spiro atoms. The Kier molecular flexibility index (Phi) is 4.98. The zero-order valence-corrected chi connectivity index (χ0v) is 22.9. The fourth-order valence-electron chi connectivity index (χ4n) is 8.54. The van der Waals surface area contributed by atoms with Crippen molar-refractivity contribution in [2.24, 2.45) is 11.3 Å². The Labute approximate surface area is 217 Å². The van der Waals surface area contributed by atoms with E-state index in [0.717, 1.165) is 22.4 Å². The van der Waals surface area contributed by atoms with Gasteiger partial charge in [0.2, 0.25) is 0 Å². The molecule has 37 heavy (non-hydrogen) atoms. The minimum atomic E-state index is -1.21. The largest absolute Gasteiger partial charge is 0.495 e. The van der Waals surface area contributed by atoms with E-state index in [2.05, 4.69) is 13.8 Å². The minimum absolute atomic E-state index is 0.0705. The highest BCUT2D eigenvalue weighted by Crippen LogP contribution is 2.71. The number of rotatable bonds is 3. The van der Waals surface area contributed by atoms with Crippen molar-refractivity contribution in [1.82, 2.24) is 0 Å². The first kappa shape index (κ1) is 24.9. The number of methoxy groups -OCH3 is 2. The van der Waals surface area contributed by atoms with E-state index in [-0.39, 0.29) is 24.5 Å². The van der Waals surface area contributed by atoms with Gasteiger partial charge in [0.1, 0.15) is 46.6 Å². The van der Waals surface area contributed by atoms with E-state index in [0.29, 0.717) is 37.0 Å². The van der Waals surface area contributed by atoms with Crippen LogP contribution in [0.4, 0.5) is 0 Å². The summed E-state index contributed by atoms with van der Waals surface area (Å²) in [4.78, 5) is 25.1. The fourth-order valence-corrected chi connectivity index (χ4v) is 8.54. The van der Waals surface area contributed by atoms with Crippen molar-refractivity contribution in [2.45, 2.75) is 103 Å². The summed E-state index contributed by atoms with van der Waals surface area (Å²) in [5.74, 6) is -0.793. The van der Waals surface area contributed by atoms with Crippen LogP contribution >= 0.6 is 0 Å². The van der Waals surface area contributed by atoms with Crippen molar-refractivity contribution in [3.05, 3.63) is 22.3 Å². The van der Waals surface area contributed by atoms with Gasteiger partial charge in [-0.1, -0.05) is 6.92 Å². The minimum Gasteiger partial charge on any atom is -0.495 e.